The summed E-state index contributed by atoms with van der Waals surface area (Å²) in [6.07, 6.45) is 0.667. The number of imide groups is 1. The maximum absolute atomic E-state index is 12.5. The first-order valence-electron chi connectivity index (χ1n) is 8.08. The molecular weight excluding hydrogens is 364 g/mol. The summed E-state index contributed by atoms with van der Waals surface area (Å²) in [7, 11) is -3.66. The first-order chi connectivity index (χ1) is 12.3. The number of hydrogen-bond acceptors (Lipinski definition) is 7. The van der Waals surface area contributed by atoms with Crippen molar-refractivity contribution in [3.63, 3.8) is 0 Å². The number of ether oxygens (including phenoxy) is 2. The van der Waals surface area contributed by atoms with E-state index < -0.39 is 34.6 Å². The standard InChI is InChI=1S/C16H20N2O7S/c1-2-24-16(21)17-14(19)11-25-15(20)12-6-5-7-13(10-12)26(22,23)18-8-3-4-9-18/h5-7,10H,2-4,8-9,11H2,1H3,(H,17,19,21). The molecule has 10 heteroatoms. The van der Waals surface area contributed by atoms with Crippen LogP contribution in [-0.2, 0) is 24.3 Å². The highest BCUT2D eigenvalue weighted by Gasteiger charge is 2.27. The molecule has 1 heterocycles. The SMILES string of the molecule is CCOC(=O)NC(=O)COC(=O)c1cccc(S(=O)(=O)N2CCCC2)c1. The lowest BCUT2D eigenvalue weighted by Gasteiger charge is -2.15. The van der Waals surface area contributed by atoms with Gasteiger partial charge in [-0.3, -0.25) is 10.1 Å². The largest absolute Gasteiger partial charge is 0.452 e. The maximum atomic E-state index is 12.5. The van der Waals surface area contributed by atoms with Crippen LogP contribution in [-0.4, -0.2) is 57.0 Å². The van der Waals surface area contributed by atoms with E-state index in [2.05, 4.69) is 4.74 Å². The molecule has 1 saturated heterocycles. The molecule has 1 aromatic rings. The molecule has 1 aromatic carbocycles. The van der Waals surface area contributed by atoms with Crippen LogP contribution in [0.3, 0.4) is 0 Å². The molecule has 0 aromatic heterocycles. The average molecular weight is 384 g/mol. The van der Waals surface area contributed by atoms with Crippen LogP contribution < -0.4 is 5.32 Å². The first kappa shape index (κ1) is 19.9. The fraction of sp³-hybridized carbons (Fsp3) is 0.438. The lowest BCUT2D eigenvalue weighted by Crippen LogP contribution is -2.34. The minimum atomic E-state index is -3.66. The number of amides is 2. The lowest BCUT2D eigenvalue weighted by atomic mass is 10.2. The third-order valence-electron chi connectivity index (χ3n) is 3.62. The molecule has 1 aliphatic rings. The van der Waals surface area contributed by atoms with E-state index in [-0.39, 0.29) is 17.1 Å². The third kappa shape index (κ3) is 5.02. The molecule has 1 aliphatic heterocycles. The average Bonchev–Trinajstić information content (AvgIpc) is 3.15. The highest BCUT2D eigenvalue weighted by molar-refractivity contribution is 7.89. The molecule has 0 saturated carbocycles. The van der Waals surface area contributed by atoms with Crippen molar-refractivity contribution in [3.8, 4) is 0 Å². The summed E-state index contributed by atoms with van der Waals surface area (Å²) in [5.74, 6) is -1.72. The summed E-state index contributed by atoms with van der Waals surface area (Å²) in [5.41, 5.74) is -0.00536. The zero-order valence-electron chi connectivity index (χ0n) is 14.3. The summed E-state index contributed by atoms with van der Waals surface area (Å²) in [6.45, 7) is 1.88. The number of carbonyl (C=O) groups excluding carboxylic acids is 3. The number of benzene rings is 1. The molecule has 2 amide bonds. The van der Waals surface area contributed by atoms with Crippen molar-refractivity contribution in [2.45, 2.75) is 24.7 Å². The number of nitrogens with zero attached hydrogens (tertiary/aromatic N) is 1. The van der Waals surface area contributed by atoms with Gasteiger partial charge in [-0.25, -0.2) is 18.0 Å². The van der Waals surface area contributed by atoms with Crippen LogP contribution in [0.15, 0.2) is 29.2 Å². The fourth-order valence-electron chi connectivity index (χ4n) is 2.39. The summed E-state index contributed by atoms with van der Waals surface area (Å²) in [5, 5.41) is 1.88. The Morgan fingerprint density at radius 2 is 1.85 bits per heavy atom. The molecule has 0 unspecified atom stereocenters. The third-order valence-corrected chi connectivity index (χ3v) is 5.52. The Balaban J connectivity index is 1.99. The second-order valence-corrected chi connectivity index (χ2v) is 7.42. The number of hydrogen-bond donors (Lipinski definition) is 1. The van der Waals surface area contributed by atoms with Crippen molar-refractivity contribution in [2.24, 2.45) is 0 Å². The van der Waals surface area contributed by atoms with Gasteiger partial charge >= 0.3 is 12.1 Å². The number of esters is 1. The van der Waals surface area contributed by atoms with E-state index in [1.165, 1.54) is 28.6 Å². The van der Waals surface area contributed by atoms with Crippen LogP contribution in [0.4, 0.5) is 4.79 Å². The van der Waals surface area contributed by atoms with Crippen LogP contribution in [0.2, 0.25) is 0 Å². The van der Waals surface area contributed by atoms with E-state index >= 15 is 0 Å². The van der Waals surface area contributed by atoms with Gasteiger partial charge in [0.25, 0.3) is 5.91 Å². The van der Waals surface area contributed by atoms with Crippen LogP contribution in [0.5, 0.6) is 0 Å². The second-order valence-electron chi connectivity index (χ2n) is 5.48. The summed E-state index contributed by atoms with van der Waals surface area (Å²) in [4.78, 5) is 34.6. The Hall–Kier alpha value is -2.46. The molecule has 0 bridgehead atoms. The van der Waals surface area contributed by atoms with Gasteiger partial charge in [-0.1, -0.05) is 6.07 Å². The van der Waals surface area contributed by atoms with E-state index in [9.17, 15) is 22.8 Å². The molecule has 0 radical (unpaired) electrons. The zero-order chi connectivity index (χ0) is 19.2. The van der Waals surface area contributed by atoms with Gasteiger partial charge in [-0.2, -0.15) is 4.31 Å². The molecule has 2 rings (SSSR count). The first-order valence-corrected chi connectivity index (χ1v) is 9.52. The Bertz CT molecular complexity index is 786. The number of sulfonamides is 1. The Labute approximate surface area is 151 Å². The molecule has 1 N–H and O–H groups in total. The van der Waals surface area contributed by atoms with Crippen molar-refractivity contribution in [3.05, 3.63) is 29.8 Å². The smallest absolute Gasteiger partial charge is 0.413 e. The molecule has 26 heavy (non-hydrogen) atoms. The molecule has 0 atom stereocenters. The molecule has 0 aliphatic carbocycles. The van der Waals surface area contributed by atoms with Crippen molar-refractivity contribution < 1.29 is 32.3 Å². The zero-order valence-corrected chi connectivity index (χ0v) is 15.1. The van der Waals surface area contributed by atoms with Crippen LogP contribution >= 0.6 is 0 Å². The summed E-state index contributed by atoms with van der Waals surface area (Å²) < 4.78 is 35.7. The van der Waals surface area contributed by atoms with Gasteiger partial charge in [0.1, 0.15) is 0 Å². The van der Waals surface area contributed by atoms with Crippen LogP contribution in [0.1, 0.15) is 30.1 Å². The van der Waals surface area contributed by atoms with Gasteiger partial charge < -0.3 is 9.47 Å². The van der Waals surface area contributed by atoms with Crippen LogP contribution in [0, 0.1) is 0 Å². The normalized spacial score (nSPS) is 14.7. The van der Waals surface area contributed by atoms with Crippen molar-refractivity contribution in [1.82, 2.24) is 9.62 Å². The Morgan fingerprint density at radius 1 is 1.15 bits per heavy atom. The fourth-order valence-corrected chi connectivity index (χ4v) is 3.96. The van der Waals surface area contributed by atoms with Gasteiger partial charge in [0.05, 0.1) is 17.1 Å². The minimum Gasteiger partial charge on any atom is -0.452 e. The molecule has 1 fully saturated rings. The van der Waals surface area contributed by atoms with Gasteiger partial charge in [-0.05, 0) is 38.0 Å². The highest BCUT2D eigenvalue weighted by atomic mass is 32.2. The van der Waals surface area contributed by atoms with E-state index in [0.29, 0.717) is 13.1 Å². The minimum absolute atomic E-state index is 0.00536. The van der Waals surface area contributed by atoms with E-state index in [4.69, 9.17) is 4.74 Å². The predicted octanol–water partition coefficient (Wildman–Crippen LogP) is 0.901. The molecule has 9 nitrogen and oxygen atoms in total. The van der Waals surface area contributed by atoms with Crippen molar-refractivity contribution >= 4 is 28.0 Å². The summed E-state index contributed by atoms with van der Waals surface area (Å²) in [6, 6.07) is 5.42. The molecule has 0 spiro atoms. The Morgan fingerprint density at radius 3 is 2.50 bits per heavy atom. The Kier molecular flexibility index (Phi) is 6.70. The predicted molar refractivity (Wildman–Crippen MR) is 89.9 cm³/mol. The number of nitrogens with one attached hydrogen (secondary N) is 1. The maximum Gasteiger partial charge on any atom is 0.413 e. The topological polar surface area (TPSA) is 119 Å². The summed E-state index contributed by atoms with van der Waals surface area (Å²) >= 11 is 0. The van der Waals surface area contributed by atoms with Gasteiger partial charge in [0.2, 0.25) is 10.0 Å². The van der Waals surface area contributed by atoms with Gasteiger partial charge in [-0.15, -0.1) is 0 Å². The lowest BCUT2D eigenvalue weighted by molar-refractivity contribution is -0.123. The van der Waals surface area contributed by atoms with Crippen LogP contribution in [0.25, 0.3) is 0 Å². The monoisotopic (exact) mass is 384 g/mol. The second kappa shape index (κ2) is 8.77. The van der Waals surface area contributed by atoms with Gasteiger partial charge in [0.15, 0.2) is 6.61 Å². The molecular formula is C16H20N2O7S. The molecule has 142 valence electrons. The van der Waals surface area contributed by atoms with E-state index in [1.807, 2.05) is 5.32 Å². The van der Waals surface area contributed by atoms with E-state index in [0.717, 1.165) is 12.8 Å². The van der Waals surface area contributed by atoms with Crippen molar-refractivity contribution in [1.29, 1.82) is 0 Å². The number of rotatable bonds is 6. The van der Waals surface area contributed by atoms with E-state index in [1.54, 1.807) is 6.92 Å². The van der Waals surface area contributed by atoms with Gasteiger partial charge in [0, 0.05) is 13.1 Å². The highest BCUT2D eigenvalue weighted by Crippen LogP contribution is 2.21. The number of alkyl carbamates (subject to hydrolysis) is 1. The number of carbonyl (C=O) groups is 3. The van der Waals surface area contributed by atoms with Crippen molar-refractivity contribution in [2.75, 3.05) is 26.3 Å². The quantitative estimate of drug-likeness (QED) is 0.724.